The molecule has 0 aliphatic rings. The summed E-state index contributed by atoms with van der Waals surface area (Å²) in [6.45, 7) is -0.459. The highest BCUT2D eigenvalue weighted by atomic mass is 19.4. The number of halogens is 4. The summed E-state index contributed by atoms with van der Waals surface area (Å²) in [6, 6.07) is 21.5. The molecule has 3 aromatic rings. The van der Waals surface area contributed by atoms with Crippen molar-refractivity contribution < 1.29 is 22.3 Å². The lowest BCUT2D eigenvalue weighted by molar-refractivity contribution is -0.163. The molecular weight excluding hydrogens is 356 g/mol. The quantitative estimate of drug-likeness (QED) is 0.457. The molecule has 1 unspecified atom stereocenters. The fourth-order valence-corrected chi connectivity index (χ4v) is 2.84. The Morgan fingerprint density at radius 1 is 0.778 bits per heavy atom. The molecule has 0 heterocycles. The van der Waals surface area contributed by atoms with Gasteiger partial charge in [-0.2, -0.15) is 13.2 Å². The van der Waals surface area contributed by atoms with Gasteiger partial charge in [0, 0.05) is 0 Å². The van der Waals surface area contributed by atoms with Gasteiger partial charge in [-0.15, -0.1) is 0 Å². The van der Waals surface area contributed by atoms with E-state index in [4.69, 9.17) is 4.74 Å². The molecular formula is C22H18F4O. The summed E-state index contributed by atoms with van der Waals surface area (Å²) in [4.78, 5) is 0. The SMILES string of the molecule is Fc1ccc(C(COCc2cccc(-c3ccccc3)c2)C(F)(F)F)cc1. The summed E-state index contributed by atoms with van der Waals surface area (Å²) >= 11 is 0. The lowest BCUT2D eigenvalue weighted by Crippen LogP contribution is -2.25. The van der Waals surface area contributed by atoms with Crippen LogP contribution in [0.4, 0.5) is 17.6 Å². The molecule has 0 saturated heterocycles. The predicted molar refractivity (Wildman–Crippen MR) is 96.7 cm³/mol. The molecule has 0 bridgehead atoms. The summed E-state index contributed by atoms with van der Waals surface area (Å²) in [7, 11) is 0. The van der Waals surface area contributed by atoms with E-state index in [1.807, 2.05) is 54.6 Å². The number of rotatable bonds is 6. The minimum absolute atomic E-state index is 0.0121. The van der Waals surface area contributed by atoms with E-state index in [0.717, 1.165) is 41.0 Å². The van der Waals surface area contributed by atoms with Gasteiger partial charge in [0.2, 0.25) is 0 Å². The van der Waals surface area contributed by atoms with Gasteiger partial charge >= 0.3 is 6.18 Å². The van der Waals surface area contributed by atoms with E-state index in [9.17, 15) is 17.6 Å². The van der Waals surface area contributed by atoms with Gasteiger partial charge in [-0.3, -0.25) is 0 Å². The van der Waals surface area contributed by atoms with Crippen LogP contribution in [-0.2, 0) is 11.3 Å². The number of ether oxygens (including phenoxy) is 1. The Kier molecular flexibility index (Phi) is 5.91. The fourth-order valence-electron chi connectivity index (χ4n) is 2.84. The molecule has 3 aromatic carbocycles. The number of alkyl halides is 3. The van der Waals surface area contributed by atoms with E-state index in [0.29, 0.717) is 0 Å². The Hall–Kier alpha value is -2.66. The lowest BCUT2D eigenvalue weighted by atomic mass is 9.99. The maximum Gasteiger partial charge on any atom is 0.397 e. The molecule has 0 aliphatic heterocycles. The van der Waals surface area contributed by atoms with Crippen molar-refractivity contribution in [2.75, 3.05) is 6.61 Å². The first-order valence-corrected chi connectivity index (χ1v) is 8.48. The van der Waals surface area contributed by atoms with Gasteiger partial charge in [0.1, 0.15) is 11.7 Å². The average molecular weight is 374 g/mol. The van der Waals surface area contributed by atoms with Crippen molar-refractivity contribution in [3.63, 3.8) is 0 Å². The predicted octanol–water partition coefficient (Wildman–Crippen LogP) is 6.36. The van der Waals surface area contributed by atoms with Crippen molar-refractivity contribution >= 4 is 0 Å². The monoisotopic (exact) mass is 374 g/mol. The summed E-state index contributed by atoms with van der Waals surface area (Å²) in [5, 5.41) is 0. The fraction of sp³-hybridized carbons (Fsp3) is 0.182. The third-order valence-electron chi connectivity index (χ3n) is 4.25. The summed E-state index contributed by atoms with van der Waals surface area (Å²) in [5.41, 5.74) is 2.78. The molecule has 0 spiro atoms. The number of hydrogen-bond acceptors (Lipinski definition) is 1. The Labute approximate surface area is 155 Å². The molecule has 1 nitrogen and oxygen atoms in total. The van der Waals surface area contributed by atoms with Crippen molar-refractivity contribution in [2.45, 2.75) is 18.7 Å². The van der Waals surface area contributed by atoms with Gasteiger partial charge < -0.3 is 4.74 Å². The Morgan fingerprint density at radius 2 is 1.44 bits per heavy atom. The minimum atomic E-state index is -4.47. The van der Waals surface area contributed by atoms with Gasteiger partial charge in [0.25, 0.3) is 0 Å². The molecule has 0 N–H and O–H groups in total. The second kappa shape index (κ2) is 8.35. The smallest absolute Gasteiger partial charge is 0.376 e. The van der Waals surface area contributed by atoms with Crippen LogP contribution in [-0.4, -0.2) is 12.8 Å². The second-order valence-corrected chi connectivity index (χ2v) is 6.23. The standard InChI is InChI=1S/C22H18F4O/c23-20-11-9-18(10-12-20)21(22(24,25)26)15-27-14-16-5-4-8-19(13-16)17-6-2-1-3-7-17/h1-13,21H,14-15H2. The molecule has 0 aliphatic carbocycles. The third kappa shape index (κ3) is 5.17. The first-order chi connectivity index (χ1) is 12.9. The van der Waals surface area contributed by atoms with Gasteiger partial charge in [0.15, 0.2) is 0 Å². The van der Waals surface area contributed by atoms with Crippen LogP contribution < -0.4 is 0 Å². The third-order valence-corrected chi connectivity index (χ3v) is 4.25. The van der Waals surface area contributed by atoms with Crippen molar-refractivity contribution in [3.05, 3.63) is 95.8 Å². The first-order valence-electron chi connectivity index (χ1n) is 8.48. The van der Waals surface area contributed by atoms with Crippen molar-refractivity contribution in [1.29, 1.82) is 0 Å². The maximum absolute atomic E-state index is 13.3. The van der Waals surface area contributed by atoms with Crippen molar-refractivity contribution in [3.8, 4) is 11.1 Å². The largest absolute Gasteiger partial charge is 0.397 e. The van der Waals surface area contributed by atoms with E-state index >= 15 is 0 Å². The zero-order valence-electron chi connectivity index (χ0n) is 14.4. The van der Waals surface area contributed by atoms with Crippen LogP contribution >= 0.6 is 0 Å². The van der Waals surface area contributed by atoms with Crippen LogP contribution in [0.5, 0.6) is 0 Å². The Balaban J connectivity index is 1.68. The molecule has 0 fully saturated rings. The van der Waals surface area contributed by atoms with Crippen LogP contribution in [0.1, 0.15) is 17.0 Å². The number of benzene rings is 3. The lowest BCUT2D eigenvalue weighted by Gasteiger charge is -2.21. The molecule has 5 heteroatoms. The van der Waals surface area contributed by atoms with Crippen molar-refractivity contribution in [2.24, 2.45) is 0 Å². The second-order valence-electron chi connectivity index (χ2n) is 6.23. The first kappa shape index (κ1) is 19.1. The van der Waals surface area contributed by atoms with Crippen LogP contribution in [0.3, 0.4) is 0 Å². The zero-order valence-corrected chi connectivity index (χ0v) is 14.4. The maximum atomic E-state index is 13.3. The van der Waals surface area contributed by atoms with Gasteiger partial charge in [-0.25, -0.2) is 4.39 Å². The topological polar surface area (TPSA) is 9.23 Å². The van der Waals surface area contributed by atoms with E-state index in [-0.39, 0.29) is 12.2 Å². The van der Waals surface area contributed by atoms with Gasteiger partial charge in [0.05, 0.1) is 13.2 Å². The summed E-state index contributed by atoms with van der Waals surface area (Å²) < 4.78 is 58.4. The average Bonchev–Trinajstić information content (AvgIpc) is 2.66. The van der Waals surface area contributed by atoms with Gasteiger partial charge in [-0.1, -0.05) is 60.7 Å². The minimum Gasteiger partial charge on any atom is -0.376 e. The number of hydrogen-bond donors (Lipinski definition) is 0. The Bertz CT molecular complexity index is 857. The highest BCUT2D eigenvalue weighted by molar-refractivity contribution is 5.63. The van der Waals surface area contributed by atoms with E-state index in [2.05, 4.69) is 0 Å². The van der Waals surface area contributed by atoms with Crippen LogP contribution in [0.15, 0.2) is 78.9 Å². The summed E-state index contributed by atoms with van der Waals surface area (Å²) in [6.07, 6.45) is -4.47. The van der Waals surface area contributed by atoms with Crippen LogP contribution in [0, 0.1) is 5.82 Å². The molecule has 0 radical (unpaired) electrons. The molecule has 0 amide bonds. The molecule has 0 saturated carbocycles. The highest BCUT2D eigenvalue weighted by Gasteiger charge is 2.40. The van der Waals surface area contributed by atoms with E-state index in [1.165, 1.54) is 0 Å². The molecule has 0 aromatic heterocycles. The molecule has 1 atom stereocenters. The van der Waals surface area contributed by atoms with Crippen molar-refractivity contribution in [1.82, 2.24) is 0 Å². The molecule has 140 valence electrons. The van der Waals surface area contributed by atoms with Gasteiger partial charge in [-0.05, 0) is 40.5 Å². The molecule has 3 rings (SSSR count). The molecule has 27 heavy (non-hydrogen) atoms. The highest BCUT2D eigenvalue weighted by Crippen LogP contribution is 2.35. The Morgan fingerprint density at radius 3 is 2.11 bits per heavy atom. The zero-order chi connectivity index (χ0) is 19.3. The van der Waals surface area contributed by atoms with E-state index in [1.54, 1.807) is 0 Å². The van der Waals surface area contributed by atoms with Crippen LogP contribution in [0.2, 0.25) is 0 Å². The van der Waals surface area contributed by atoms with E-state index < -0.39 is 24.5 Å². The normalized spacial score (nSPS) is 12.7. The summed E-state index contributed by atoms with van der Waals surface area (Å²) in [5.74, 6) is -2.37. The van der Waals surface area contributed by atoms with Crippen LogP contribution in [0.25, 0.3) is 11.1 Å².